The Bertz CT molecular complexity index is 676. The zero-order valence-electron chi connectivity index (χ0n) is 11.6. The van der Waals surface area contributed by atoms with Crippen molar-refractivity contribution in [2.45, 2.75) is 19.8 Å². The Morgan fingerprint density at radius 2 is 2.14 bits per heavy atom. The number of benzene rings is 1. The van der Waals surface area contributed by atoms with E-state index >= 15 is 0 Å². The highest BCUT2D eigenvalue weighted by Crippen LogP contribution is 2.28. The minimum Gasteiger partial charge on any atom is -0.406 e. The van der Waals surface area contributed by atoms with E-state index in [4.69, 9.17) is 0 Å². The second-order valence-corrected chi connectivity index (χ2v) is 6.54. The molecule has 0 aliphatic heterocycles. The van der Waals surface area contributed by atoms with Gasteiger partial charge in [-0.15, -0.1) is 13.2 Å². The highest BCUT2D eigenvalue weighted by Gasteiger charge is 2.31. The number of fused-ring (bicyclic) bond motifs is 1. The van der Waals surface area contributed by atoms with Gasteiger partial charge in [0, 0.05) is 19.3 Å². The van der Waals surface area contributed by atoms with Gasteiger partial charge in [0.15, 0.2) is 4.80 Å². The summed E-state index contributed by atoms with van der Waals surface area (Å²) in [6, 6.07) is 4.40. The number of alkyl halides is 3. The van der Waals surface area contributed by atoms with E-state index in [2.05, 4.69) is 16.7 Å². The number of ether oxygens (including phenoxy) is 1. The number of nitrogens with zero attached hydrogens (tertiary/aromatic N) is 2. The van der Waals surface area contributed by atoms with Crippen molar-refractivity contribution in [3.8, 4) is 5.75 Å². The summed E-state index contributed by atoms with van der Waals surface area (Å²) < 4.78 is 43.5. The van der Waals surface area contributed by atoms with Crippen LogP contribution in [0, 0.1) is 0 Å². The molecule has 0 aliphatic carbocycles. The number of hydrogen-bond acceptors (Lipinski definition) is 4. The standard InChI is InChI=1S/C13H15F3N2OS2/c1-3-20-7-6-18-10-5-4-9(19-13(14,15)16)8-11(10)21-12(18)17-2/h4-5,8H,3,6-7H2,1-2H3/b17-12+. The smallest absolute Gasteiger partial charge is 0.406 e. The molecular formula is C13H15F3N2OS2. The summed E-state index contributed by atoms with van der Waals surface area (Å²) in [6.45, 7) is 2.87. The van der Waals surface area contributed by atoms with Crippen LogP contribution >= 0.6 is 23.1 Å². The predicted octanol–water partition coefficient (Wildman–Crippen LogP) is 3.89. The fraction of sp³-hybridized carbons (Fsp3) is 0.462. The molecule has 1 heterocycles. The first-order chi connectivity index (χ1) is 9.94. The van der Waals surface area contributed by atoms with Gasteiger partial charge in [0.1, 0.15) is 5.75 Å². The molecule has 0 bridgehead atoms. The number of halogens is 3. The van der Waals surface area contributed by atoms with Crippen LogP contribution in [0.4, 0.5) is 13.2 Å². The van der Waals surface area contributed by atoms with E-state index in [0.717, 1.165) is 33.1 Å². The summed E-state index contributed by atoms with van der Waals surface area (Å²) in [5.74, 6) is 1.77. The molecule has 0 fully saturated rings. The van der Waals surface area contributed by atoms with E-state index in [1.165, 1.54) is 23.5 Å². The van der Waals surface area contributed by atoms with Crippen LogP contribution in [0.3, 0.4) is 0 Å². The fourth-order valence-corrected chi connectivity index (χ4v) is 3.58. The summed E-state index contributed by atoms with van der Waals surface area (Å²) >= 11 is 3.18. The highest BCUT2D eigenvalue weighted by molar-refractivity contribution is 7.99. The van der Waals surface area contributed by atoms with E-state index in [1.54, 1.807) is 13.1 Å². The van der Waals surface area contributed by atoms with Crippen LogP contribution in [0.5, 0.6) is 5.75 Å². The summed E-state index contributed by atoms with van der Waals surface area (Å²) in [4.78, 5) is 5.00. The van der Waals surface area contributed by atoms with E-state index < -0.39 is 6.36 Å². The maximum atomic E-state index is 12.3. The Morgan fingerprint density at radius 1 is 1.38 bits per heavy atom. The molecule has 0 amide bonds. The van der Waals surface area contributed by atoms with Crippen molar-refractivity contribution in [1.29, 1.82) is 0 Å². The summed E-state index contributed by atoms with van der Waals surface area (Å²) in [5, 5.41) is 0. The predicted molar refractivity (Wildman–Crippen MR) is 81.0 cm³/mol. The molecule has 0 N–H and O–H groups in total. The second-order valence-electron chi connectivity index (χ2n) is 4.13. The number of thioether (sulfide) groups is 1. The molecule has 21 heavy (non-hydrogen) atoms. The van der Waals surface area contributed by atoms with Crippen LogP contribution in [0.25, 0.3) is 10.2 Å². The third-order valence-corrected chi connectivity index (χ3v) is 4.75. The molecule has 0 spiro atoms. The molecule has 0 saturated heterocycles. The minimum absolute atomic E-state index is 0.200. The molecule has 0 unspecified atom stereocenters. The van der Waals surface area contributed by atoms with Gasteiger partial charge in [-0.05, 0) is 24.0 Å². The Labute approximate surface area is 128 Å². The first-order valence-corrected chi connectivity index (χ1v) is 8.31. The Morgan fingerprint density at radius 3 is 2.76 bits per heavy atom. The number of aryl methyl sites for hydroxylation is 1. The third kappa shape index (κ3) is 4.16. The molecule has 0 atom stereocenters. The molecule has 116 valence electrons. The van der Waals surface area contributed by atoms with Crippen LogP contribution in [0.15, 0.2) is 23.2 Å². The minimum atomic E-state index is -4.67. The second kappa shape index (κ2) is 6.74. The van der Waals surface area contributed by atoms with Gasteiger partial charge in [0.05, 0.1) is 10.2 Å². The van der Waals surface area contributed by atoms with Gasteiger partial charge in [-0.1, -0.05) is 18.3 Å². The van der Waals surface area contributed by atoms with Crippen molar-refractivity contribution in [1.82, 2.24) is 4.57 Å². The van der Waals surface area contributed by atoms with E-state index in [-0.39, 0.29) is 5.75 Å². The average Bonchev–Trinajstić information content (AvgIpc) is 2.74. The van der Waals surface area contributed by atoms with E-state index in [1.807, 2.05) is 16.3 Å². The van der Waals surface area contributed by atoms with Crippen LogP contribution in [0.2, 0.25) is 0 Å². The first-order valence-electron chi connectivity index (χ1n) is 6.34. The quantitative estimate of drug-likeness (QED) is 0.775. The fourth-order valence-electron chi connectivity index (χ4n) is 1.94. The zero-order valence-corrected chi connectivity index (χ0v) is 13.2. The van der Waals surface area contributed by atoms with E-state index in [0.29, 0.717) is 0 Å². The third-order valence-electron chi connectivity index (χ3n) is 2.74. The van der Waals surface area contributed by atoms with Crippen LogP contribution in [0.1, 0.15) is 6.92 Å². The summed E-state index contributed by atoms with van der Waals surface area (Å²) in [5.41, 5.74) is 0.881. The number of aromatic nitrogens is 1. The molecule has 8 heteroatoms. The largest absolute Gasteiger partial charge is 0.573 e. The van der Waals surface area contributed by atoms with Gasteiger partial charge in [-0.2, -0.15) is 11.8 Å². The van der Waals surface area contributed by atoms with Crippen molar-refractivity contribution < 1.29 is 17.9 Å². The molecule has 2 rings (SSSR count). The van der Waals surface area contributed by atoms with Gasteiger partial charge in [-0.3, -0.25) is 4.99 Å². The van der Waals surface area contributed by atoms with Crippen LogP contribution in [-0.4, -0.2) is 29.5 Å². The van der Waals surface area contributed by atoms with Gasteiger partial charge >= 0.3 is 6.36 Å². The number of thiazole rings is 1. The van der Waals surface area contributed by atoms with Gasteiger partial charge < -0.3 is 9.30 Å². The highest BCUT2D eigenvalue weighted by atomic mass is 32.2. The lowest BCUT2D eigenvalue weighted by Crippen LogP contribution is -2.17. The van der Waals surface area contributed by atoms with Gasteiger partial charge in [0.25, 0.3) is 0 Å². The molecule has 1 aromatic carbocycles. The lowest BCUT2D eigenvalue weighted by Gasteiger charge is -2.09. The first kappa shape index (κ1) is 16.2. The lowest BCUT2D eigenvalue weighted by molar-refractivity contribution is -0.274. The van der Waals surface area contributed by atoms with Crippen molar-refractivity contribution in [2.24, 2.45) is 4.99 Å². The maximum Gasteiger partial charge on any atom is 0.573 e. The number of rotatable bonds is 5. The van der Waals surface area contributed by atoms with Crippen LogP contribution in [-0.2, 0) is 6.54 Å². The SMILES string of the molecule is CCSCCn1/c(=N\C)sc2cc(OC(F)(F)F)ccc21. The Balaban J connectivity index is 2.37. The molecular weight excluding hydrogens is 321 g/mol. The molecule has 0 aliphatic rings. The zero-order chi connectivity index (χ0) is 15.5. The normalized spacial score (nSPS) is 13.1. The van der Waals surface area contributed by atoms with Crippen molar-refractivity contribution >= 4 is 33.3 Å². The van der Waals surface area contributed by atoms with Crippen molar-refractivity contribution in [3.05, 3.63) is 23.0 Å². The maximum absolute atomic E-state index is 12.3. The van der Waals surface area contributed by atoms with Crippen LogP contribution < -0.4 is 9.54 Å². The topological polar surface area (TPSA) is 26.5 Å². The monoisotopic (exact) mass is 336 g/mol. The van der Waals surface area contributed by atoms with E-state index in [9.17, 15) is 13.2 Å². The van der Waals surface area contributed by atoms with Gasteiger partial charge in [0.2, 0.25) is 0 Å². The molecule has 2 aromatic rings. The number of hydrogen-bond donors (Lipinski definition) is 0. The van der Waals surface area contributed by atoms with Crippen molar-refractivity contribution in [3.63, 3.8) is 0 Å². The molecule has 3 nitrogen and oxygen atoms in total. The lowest BCUT2D eigenvalue weighted by atomic mass is 10.3. The Hall–Kier alpha value is -1.15. The Kier molecular flexibility index (Phi) is 5.21. The van der Waals surface area contributed by atoms with Crippen molar-refractivity contribution in [2.75, 3.05) is 18.6 Å². The van der Waals surface area contributed by atoms with Gasteiger partial charge in [-0.25, -0.2) is 0 Å². The average molecular weight is 336 g/mol. The molecule has 1 aromatic heterocycles. The molecule has 0 radical (unpaired) electrons. The molecule has 0 saturated carbocycles. The summed E-state index contributed by atoms with van der Waals surface area (Å²) in [7, 11) is 1.68. The summed E-state index contributed by atoms with van der Waals surface area (Å²) in [6.07, 6.45) is -4.67.